The van der Waals surface area contributed by atoms with Crippen LogP contribution in [0, 0.1) is 11.8 Å². The lowest BCUT2D eigenvalue weighted by Gasteiger charge is -2.27. The summed E-state index contributed by atoms with van der Waals surface area (Å²) in [5, 5.41) is 2.94. The van der Waals surface area contributed by atoms with E-state index < -0.39 is 6.04 Å². The molecule has 1 rings (SSSR count). The number of nitrogens with one attached hydrogen (secondary N) is 1. The molecular weight excluding hydrogens is 256 g/mol. The fraction of sp³-hybridized carbons (Fsp3) is 0.933. The molecule has 2 unspecified atom stereocenters. The normalized spacial score (nSPS) is 19.9. The second-order valence-corrected chi connectivity index (χ2v) is 5.79. The highest BCUT2D eigenvalue weighted by Gasteiger charge is 2.26. The molecule has 0 aliphatic carbocycles. The Morgan fingerprint density at radius 2 is 2.05 bits per heavy atom. The average Bonchev–Trinajstić information content (AvgIpc) is 2.46. The Kier molecular flexibility index (Phi) is 8.11. The van der Waals surface area contributed by atoms with Crippen molar-refractivity contribution in [2.24, 2.45) is 17.6 Å². The van der Waals surface area contributed by atoms with Crippen LogP contribution in [0.5, 0.6) is 0 Å². The van der Waals surface area contributed by atoms with Crippen molar-refractivity contribution in [2.45, 2.75) is 52.2 Å². The minimum Gasteiger partial charge on any atom is -0.381 e. The van der Waals surface area contributed by atoms with Crippen molar-refractivity contribution < 1.29 is 14.3 Å². The first kappa shape index (κ1) is 17.4. The summed E-state index contributed by atoms with van der Waals surface area (Å²) in [6, 6.07) is -0.413. The molecule has 1 aliphatic heterocycles. The summed E-state index contributed by atoms with van der Waals surface area (Å²) in [5.41, 5.74) is 6.03. The predicted octanol–water partition coefficient (Wildman–Crippen LogP) is 1.31. The van der Waals surface area contributed by atoms with Gasteiger partial charge in [0.25, 0.3) is 0 Å². The van der Waals surface area contributed by atoms with Gasteiger partial charge in [-0.3, -0.25) is 4.79 Å². The quantitative estimate of drug-likeness (QED) is 0.705. The van der Waals surface area contributed by atoms with Crippen LogP contribution in [-0.4, -0.2) is 44.4 Å². The second kappa shape index (κ2) is 9.32. The summed E-state index contributed by atoms with van der Waals surface area (Å²) in [6.45, 7) is 9.02. The Morgan fingerprint density at radius 1 is 1.40 bits per heavy atom. The van der Waals surface area contributed by atoms with Crippen LogP contribution in [0.15, 0.2) is 0 Å². The molecule has 1 fully saturated rings. The second-order valence-electron chi connectivity index (χ2n) is 5.79. The van der Waals surface area contributed by atoms with Gasteiger partial charge in [-0.05, 0) is 38.0 Å². The molecule has 0 spiro atoms. The maximum atomic E-state index is 12.0. The number of nitrogens with two attached hydrogens (primary N) is 1. The van der Waals surface area contributed by atoms with Crippen molar-refractivity contribution in [1.29, 1.82) is 0 Å². The van der Waals surface area contributed by atoms with Gasteiger partial charge in [-0.15, -0.1) is 0 Å². The minimum absolute atomic E-state index is 0.0455. The Bertz CT molecular complexity index is 278. The smallest absolute Gasteiger partial charge is 0.237 e. The Morgan fingerprint density at radius 3 is 2.60 bits per heavy atom. The third-order valence-corrected chi connectivity index (χ3v) is 3.93. The Labute approximate surface area is 122 Å². The monoisotopic (exact) mass is 286 g/mol. The van der Waals surface area contributed by atoms with Gasteiger partial charge in [0.1, 0.15) is 0 Å². The van der Waals surface area contributed by atoms with Crippen LogP contribution >= 0.6 is 0 Å². The van der Waals surface area contributed by atoms with E-state index in [4.69, 9.17) is 15.2 Å². The van der Waals surface area contributed by atoms with E-state index in [-0.39, 0.29) is 17.9 Å². The van der Waals surface area contributed by atoms with Crippen LogP contribution in [0.3, 0.4) is 0 Å². The van der Waals surface area contributed by atoms with Crippen molar-refractivity contribution >= 4 is 5.91 Å². The topological polar surface area (TPSA) is 73.6 Å². The standard InChI is InChI=1S/C15H30N2O3/c1-4-20-13(11(2)3)5-8-17-15(18)14(16)12-6-9-19-10-7-12/h11-14H,4-10,16H2,1-3H3,(H,17,18). The lowest BCUT2D eigenvalue weighted by atomic mass is 9.92. The maximum Gasteiger partial charge on any atom is 0.237 e. The highest BCUT2D eigenvalue weighted by Crippen LogP contribution is 2.17. The predicted molar refractivity (Wildman–Crippen MR) is 79.4 cm³/mol. The van der Waals surface area contributed by atoms with Crippen molar-refractivity contribution in [1.82, 2.24) is 5.32 Å². The molecule has 0 bridgehead atoms. The fourth-order valence-corrected chi connectivity index (χ4v) is 2.57. The third-order valence-electron chi connectivity index (χ3n) is 3.93. The van der Waals surface area contributed by atoms with Gasteiger partial charge in [0.05, 0.1) is 12.1 Å². The molecule has 5 nitrogen and oxygen atoms in total. The zero-order chi connectivity index (χ0) is 15.0. The fourth-order valence-electron chi connectivity index (χ4n) is 2.57. The van der Waals surface area contributed by atoms with Crippen molar-refractivity contribution in [3.8, 4) is 0 Å². The first-order valence-corrected chi connectivity index (χ1v) is 7.78. The molecule has 3 N–H and O–H groups in total. The number of carbonyl (C=O) groups excluding carboxylic acids is 1. The molecule has 0 aromatic carbocycles. The van der Waals surface area contributed by atoms with E-state index >= 15 is 0 Å². The van der Waals surface area contributed by atoms with Crippen molar-refractivity contribution in [3.63, 3.8) is 0 Å². The first-order valence-electron chi connectivity index (χ1n) is 7.78. The zero-order valence-corrected chi connectivity index (χ0v) is 13.1. The van der Waals surface area contributed by atoms with Gasteiger partial charge in [0, 0.05) is 26.4 Å². The molecule has 0 radical (unpaired) electrons. The molecule has 0 aromatic rings. The van der Waals surface area contributed by atoms with Crippen LogP contribution in [0.25, 0.3) is 0 Å². The number of rotatable bonds is 8. The van der Waals surface area contributed by atoms with Crippen molar-refractivity contribution in [3.05, 3.63) is 0 Å². The SMILES string of the molecule is CCOC(CCNC(=O)C(N)C1CCOCC1)C(C)C. The number of hydrogen-bond donors (Lipinski definition) is 2. The summed E-state index contributed by atoms with van der Waals surface area (Å²) in [7, 11) is 0. The van der Waals surface area contributed by atoms with E-state index in [1.165, 1.54) is 0 Å². The van der Waals surface area contributed by atoms with Crippen LogP contribution < -0.4 is 11.1 Å². The molecule has 1 heterocycles. The summed E-state index contributed by atoms with van der Waals surface area (Å²) in [5.74, 6) is 0.656. The molecule has 1 amide bonds. The van der Waals surface area contributed by atoms with Gasteiger partial charge in [0.2, 0.25) is 5.91 Å². The Hall–Kier alpha value is -0.650. The van der Waals surface area contributed by atoms with E-state index in [1.54, 1.807) is 0 Å². The molecule has 5 heteroatoms. The summed E-state index contributed by atoms with van der Waals surface area (Å²) in [4.78, 5) is 12.0. The van der Waals surface area contributed by atoms with Gasteiger partial charge in [0.15, 0.2) is 0 Å². The molecule has 118 valence electrons. The largest absolute Gasteiger partial charge is 0.381 e. The molecule has 20 heavy (non-hydrogen) atoms. The lowest BCUT2D eigenvalue weighted by molar-refractivity contribution is -0.124. The molecule has 1 saturated heterocycles. The van der Waals surface area contributed by atoms with E-state index in [0.717, 1.165) is 19.3 Å². The first-order chi connectivity index (χ1) is 9.56. The maximum absolute atomic E-state index is 12.0. The summed E-state index contributed by atoms with van der Waals surface area (Å²) >= 11 is 0. The number of amides is 1. The average molecular weight is 286 g/mol. The lowest BCUT2D eigenvalue weighted by Crippen LogP contribution is -2.47. The number of ether oxygens (including phenoxy) is 2. The van der Waals surface area contributed by atoms with Crippen molar-refractivity contribution in [2.75, 3.05) is 26.4 Å². The van der Waals surface area contributed by atoms with Gasteiger partial charge < -0.3 is 20.5 Å². The van der Waals surface area contributed by atoms with Crippen LogP contribution in [-0.2, 0) is 14.3 Å². The highest BCUT2D eigenvalue weighted by molar-refractivity contribution is 5.81. The van der Waals surface area contributed by atoms with Crippen LogP contribution in [0.1, 0.15) is 40.0 Å². The highest BCUT2D eigenvalue weighted by atomic mass is 16.5. The third kappa shape index (κ3) is 5.77. The van der Waals surface area contributed by atoms with E-state index in [2.05, 4.69) is 19.2 Å². The van der Waals surface area contributed by atoms with Gasteiger partial charge in [-0.1, -0.05) is 13.8 Å². The van der Waals surface area contributed by atoms with Crippen LogP contribution in [0.2, 0.25) is 0 Å². The minimum atomic E-state index is -0.413. The molecule has 1 aliphatic rings. The molecule has 2 atom stereocenters. The summed E-state index contributed by atoms with van der Waals surface area (Å²) in [6.07, 6.45) is 2.78. The number of hydrogen-bond acceptors (Lipinski definition) is 4. The number of carbonyl (C=O) groups is 1. The Balaban J connectivity index is 2.27. The van der Waals surface area contributed by atoms with E-state index in [0.29, 0.717) is 32.3 Å². The van der Waals surface area contributed by atoms with Gasteiger partial charge in [-0.25, -0.2) is 0 Å². The van der Waals surface area contributed by atoms with E-state index in [9.17, 15) is 4.79 Å². The summed E-state index contributed by atoms with van der Waals surface area (Å²) < 4.78 is 11.0. The molecule has 0 saturated carbocycles. The van der Waals surface area contributed by atoms with Crippen LogP contribution in [0.4, 0.5) is 0 Å². The van der Waals surface area contributed by atoms with E-state index in [1.807, 2.05) is 6.92 Å². The molecular formula is C15H30N2O3. The van der Waals surface area contributed by atoms with Gasteiger partial charge >= 0.3 is 0 Å². The van der Waals surface area contributed by atoms with Gasteiger partial charge in [-0.2, -0.15) is 0 Å². The molecule has 0 aromatic heterocycles. The zero-order valence-electron chi connectivity index (χ0n) is 13.1.